The van der Waals surface area contributed by atoms with E-state index in [9.17, 15) is 4.79 Å². The van der Waals surface area contributed by atoms with Gasteiger partial charge < -0.3 is 10.6 Å². The molecule has 1 atom stereocenters. The van der Waals surface area contributed by atoms with Crippen molar-refractivity contribution in [2.24, 2.45) is 0 Å². The van der Waals surface area contributed by atoms with Gasteiger partial charge in [0.05, 0.1) is 0 Å². The molecule has 0 aliphatic rings. The van der Waals surface area contributed by atoms with Gasteiger partial charge in [0.2, 0.25) is 0 Å². The van der Waals surface area contributed by atoms with Crippen molar-refractivity contribution in [3.8, 4) is 0 Å². The monoisotopic (exact) mass is 263 g/mol. The molecule has 0 spiro atoms. The minimum atomic E-state index is -0.0851. The van der Waals surface area contributed by atoms with Gasteiger partial charge in [0.15, 0.2) is 0 Å². The number of amides is 1. The predicted octanol–water partition coefficient (Wildman–Crippen LogP) is 2.95. The van der Waals surface area contributed by atoms with Gasteiger partial charge in [-0.05, 0) is 25.5 Å². The fourth-order valence-electron chi connectivity index (χ4n) is 1.58. The lowest BCUT2D eigenvalue weighted by atomic mass is 9.90. The Morgan fingerprint density at radius 1 is 1.37 bits per heavy atom. The highest BCUT2D eigenvalue weighted by molar-refractivity contribution is 5.95. The van der Waals surface area contributed by atoms with E-state index in [4.69, 9.17) is 0 Å². The topological polar surface area (TPSA) is 54.0 Å². The molecule has 0 aliphatic carbocycles. The first-order valence-corrected chi connectivity index (χ1v) is 6.79. The Kier molecular flexibility index (Phi) is 4.92. The van der Waals surface area contributed by atoms with Crippen LogP contribution in [0.4, 0.5) is 5.82 Å². The van der Waals surface area contributed by atoms with Gasteiger partial charge in [-0.25, -0.2) is 4.98 Å². The number of hydrogen-bond donors (Lipinski definition) is 2. The molecule has 1 heterocycles. The van der Waals surface area contributed by atoms with E-state index in [1.165, 1.54) is 0 Å². The largest absolute Gasteiger partial charge is 0.373 e. The maximum atomic E-state index is 12.2. The Labute approximate surface area is 116 Å². The Balaban J connectivity index is 3.10. The molecular formula is C15H25N3O. The van der Waals surface area contributed by atoms with E-state index in [1.54, 1.807) is 6.07 Å². The predicted molar refractivity (Wildman–Crippen MR) is 79.7 cm³/mol. The molecule has 2 N–H and O–H groups in total. The molecule has 4 heteroatoms. The number of carbonyl (C=O) groups is 1. The molecule has 1 amide bonds. The van der Waals surface area contributed by atoms with Crippen molar-refractivity contribution in [1.29, 1.82) is 0 Å². The maximum absolute atomic E-state index is 12.2. The first-order valence-electron chi connectivity index (χ1n) is 6.79. The van der Waals surface area contributed by atoms with Gasteiger partial charge in [-0.3, -0.25) is 4.79 Å². The molecule has 19 heavy (non-hydrogen) atoms. The van der Waals surface area contributed by atoms with Crippen LogP contribution in [0.2, 0.25) is 0 Å². The lowest BCUT2D eigenvalue weighted by molar-refractivity contribution is 0.0939. The Morgan fingerprint density at radius 2 is 2.00 bits per heavy atom. The molecule has 0 saturated heterocycles. The number of anilines is 1. The second-order valence-electron chi connectivity index (χ2n) is 5.91. The smallest absolute Gasteiger partial charge is 0.251 e. The van der Waals surface area contributed by atoms with E-state index in [2.05, 4.69) is 43.3 Å². The van der Waals surface area contributed by atoms with Gasteiger partial charge in [-0.15, -0.1) is 0 Å². The lowest BCUT2D eigenvalue weighted by Gasteiger charge is -2.20. The Hall–Kier alpha value is -1.58. The second kappa shape index (κ2) is 6.04. The molecule has 0 fully saturated rings. The van der Waals surface area contributed by atoms with Crippen LogP contribution in [0.5, 0.6) is 0 Å². The highest BCUT2D eigenvalue weighted by Gasteiger charge is 2.19. The third kappa shape index (κ3) is 4.23. The molecule has 0 radical (unpaired) electrons. The average Bonchev–Trinajstić information content (AvgIpc) is 2.36. The fraction of sp³-hybridized carbons (Fsp3) is 0.600. The quantitative estimate of drug-likeness (QED) is 0.878. The van der Waals surface area contributed by atoms with Crippen molar-refractivity contribution in [3.63, 3.8) is 0 Å². The zero-order valence-electron chi connectivity index (χ0n) is 12.8. The van der Waals surface area contributed by atoms with Gasteiger partial charge in [0, 0.05) is 29.8 Å². The summed E-state index contributed by atoms with van der Waals surface area (Å²) in [5.41, 5.74) is 1.48. The van der Waals surface area contributed by atoms with Crippen molar-refractivity contribution in [1.82, 2.24) is 10.3 Å². The molecule has 0 bridgehead atoms. The van der Waals surface area contributed by atoms with E-state index >= 15 is 0 Å². The maximum Gasteiger partial charge on any atom is 0.251 e. The van der Waals surface area contributed by atoms with Crippen LogP contribution < -0.4 is 10.6 Å². The minimum absolute atomic E-state index is 0.0428. The molecule has 0 saturated carbocycles. The summed E-state index contributed by atoms with van der Waals surface area (Å²) in [7, 11) is 1.81. The van der Waals surface area contributed by atoms with Crippen LogP contribution >= 0.6 is 0 Å². The molecule has 1 aromatic heterocycles. The summed E-state index contributed by atoms with van der Waals surface area (Å²) in [6, 6.07) is 3.84. The summed E-state index contributed by atoms with van der Waals surface area (Å²) in [5.74, 6) is 0.681. The zero-order chi connectivity index (χ0) is 14.6. The third-order valence-corrected chi connectivity index (χ3v) is 3.10. The van der Waals surface area contributed by atoms with E-state index in [1.807, 2.05) is 20.0 Å². The summed E-state index contributed by atoms with van der Waals surface area (Å²) in [6.45, 7) is 10.3. The van der Waals surface area contributed by atoms with Crippen molar-refractivity contribution in [2.75, 3.05) is 12.4 Å². The summed E-state index contributed by atoms with van der Waals surface area (Å²) in [4.78, 5) is 16.7. The Bertz CT molecular complexity index is 449. The van der Waals surface area contributed by atoms with E-state index < -0.39 is 0 Å². The number of nitrogens with zero attached hydrogens (tertiary/aromatic N) is 1. The van der Waals surface area contributed by atoms with E-state index in [0.29, 0.717) is 5.56 Å². The number of pyridine rings is 1. The fourth-order valence-corrected chi connectivity index (χ4v) is 1.58. The highest BCUT2D eigenvalue weighted by atomic mass is 16.1. The van der Waals surface area contributed by atoms with Crippen LogP contribution in [0.15, 0.2) is 12.1 Å². The highest BCUT2D eigenvalue weighted by Crippen LogP contribution is 2.23. The Morgan fingerprint density at radius 3 is 2.47 bits per heavy atom. The van der Waals surface area contributed by atoms with Gasteiger partial charge in [0.25, 0.3) is 5.91 Å². The van der Waals surface area contributed by atoms with Crippen LogP contribution in [-0.4, -0.2) is 24.0 Å². The van der Waals surface area contributed by atoms with Crippen molar-refractivity contribution in [3.05, 3.63) is 23.4 Å². The van der Waals surface area contributed by atoms with Crippen LogP contribution in [0.1, 0.15) is 57.1 Å². The summed E-state index contributed by atoms with van der Waals surface area (Å²) >= 11 is 0. The normalized spacial score (nSPS) is 12.9. The SMILES string of the molecule is CCC(C)NC(=O)c1cc(NC)nc(C(C)(C)C)c1. The van der Waals surface area contributed by atoms with E-state index in [0.717, 1.165) is 17.9 Å². The van der Waals surface area contributed by atoms with E-state index in [-0.39, 0.29) is 17.4 Å². The summed E-state index contributed by atoms with van der Waals surface area (Å²) in [6.07, 6.45) is 0.918. The molecule has 0 aliphatic heterocycles. The van der Waals surface area contributed by atoms with Crippen LogP contribution in [-0.2, 0) is 5.41 Å². The van der Waals surface area contributed by atoms with Gasteiger partial charge in [0.1, 0.15) is 5.82 Å². The summed E-state index contributed by atoms with van der Waals surface area (Å²) in [5, 5.41) is 5.99. The van der Waals surface area contributed by atoms with Crippen molar-refractivity contribution < 1.29 is 4.79 Å². The van der Waals surface area contributed by atoms with Gasteiger partial charge in [-0.1, -0.05) is 27.7 Å². The van der Waals surface area contributed by atoms with Gasteiger partial charge in [-0.2, -0.15) is 0 Å². The average molecular weight is 263 g/mol. The molecule has 0 aromatic carbocycles. The zero-order valence-corrected chi connectivity index (χ0v) is 12.8. The molecular weight excluding hydrogens is 238 g/mol. The number of carbonyl (C=O) groups excluding carboxylic acids is 1. The number of hydrogen-bond acceptors (Lipinski definition) is 3. The molecule has 106 valence electrons. The number of rotatable bonds is 4. The van der Waals surface area contributed by atoms with Crippen LogP contribution in [0.25, 0.3) is 0 Å². The van der Waals surface area contributed by atoms with Crippen molar-refractivity contribution in [2.45, 2.75) is 52.5 Å². The molecule has 4 nitrogen and oxygen atoms in total. The second-order valence-corrected chi connectivity index (χ2v) is 5.91. The molecule has 1 aromatic rings. The van der Waals surface area contributed by atoms with Gasteiger partial charge >= 0.3 is 0 Å². The lowest BCUT2D eigenvalue weighted by Crippen LogP contribution is -2.32. The number of aromatic nitrogens is 1. The minimum Gasteiger partial charge on any atom is -0.373 e. The first kappa shape index (κ1) is 15.5. The van der Waals surface area contributed by atoms with Crippen LogP contribution in [0, 0.1) is 0 Å². The molecule has 1 unspecified atom stereocenters. The first-order chi connectivity index (χ1) is 8.77. The standard InChI is InChI=1S/C15H25N3O/c1-7-10(2)17-14(19)11-8-12(15(3,4)5)18-13(9-11)16-6/h8-10H,7H2,1-6H3,(H,16,18)(H,17,19). The van der Waals surface area contributed by atoms with Crippen LogP contribution in [0.3, 0.4) is 0 Å². The number of nitrogens with one attached hydrogen (secondary N) is 2. The third-order valence-electron chi connectivity index (χ3n) is 3.10. The summed E-state index contributed by atoms with van der Waals surface area (Å²) < 4.78 is 0. The molecule has 1 rings (SSSR count). The van der Waals surface area contributed by atoms with Crippen molar-refractivity contribution >= 4 is 11.7 Å².